The van der Waals surface area contributed by atoms with Crippen molar-refractivity contribution in [1.82, 2.24) is 10.2 Å². The number of hydrogen-bond acceptors (Lipinski definition) is 5. The van der Waals surface area contributed by atoms with E-state index in [1.165, 1.54) is 4.90 Å². The maximum absolute atomic E-state index is 12.3. The van der Waals surface area contributed by atoms with Crippen molar-refractivity contribution < 1.29 is 23.9 Å². The average molecular weight is 355 g/mol. The van der Waals surface area contributed by atoms with Crippen LogP contribution in [0.3, 0.4) is 0 Å². The molecule has 0 aromatic heterocycles. The van der Waals surface area contributed by atoms with Gasteiger partial charge in [-0.2, -0.15) is 0 Å². The number of amides is 4. The first-order valence-electron chi connectivity index (χ1n) is 8.53. The highest BCUT2D eigenvalue weighted by Gasteiger charge is 2.44. The highest BCUT2D eigenvalue weighted by molar-refractivity contribution is 6.04. The fraction of sp³-hybridized carbons (Fsp3) is 0.765. The van der Waals surface area contributed by atoms with E-state index in [1.54, 1.807) is 6.92 Å². The Morgan fingerprint density at radius 2 is 2.00 bits per heavy atom. The van der Waals surface area contributed by atoms with E-state index in [1.807, 2.05) is 20.8 Å². The molecular weight excluding hydrogens is 326 g/mol. The van der Waals surface area contributed by atoms with Gasteiger partial charge in [-0.15, -0.1) is 0 Å². The van der Waals surface area contributed by atoms with Gasteiger partial charge in [0.2, 0.25) is 23.6 Å². The largest absolute Gasteiger partial charge is 0.376 e. The summed E-state index contributed by atoms with van der Waals surface area (Å²) in [4.78, 5) is 48.0. The molecule has 1 aliphatic rings. The van der Waals surface area contributed by atoms with E-state index in [9.17, 15) is 19.2 Å². The van der Waals surface area contributed by atoms with E-state index in [4.69, 9.17) is 10.5 Å². The molecule has 142 valence electrons. The van der Waals surface area contributed by atoms with Gasteiger partial charge in [-0.05, 0) is 12.3 Å². The van der Waals surface area contributed by atoms with Crippen LogP contribution in [-0.2, 0) is 23.9 Å². The second-order valence-corrected chi connectivity index (χ2v) is 7.46. The van der Waals surface area contributed by atoms with Gasteiger partial charge in [0.25, 0.3) is 0 Å². The molecule has 3 N–H and O–H groups in total. The molecule has 0 spiro atoms. The van der Waals surface area contributed by atoms with Crippen LogP contribution in [0.4, 0.5) is 0 Å². The lowest BCUT2D eigenvalue weighted by Crippen LogP contribution is -2.37. The zero-order chi connectivity index (χ0) is 19.2. The van der Waals surface area contributed by atoms with E-state index in [2.05, 4.69) is 5.32 Å². The summed E-state index contributed by atoms with van der Waals surface area (Å²) in [5.41, 5.74) is 4.78. The van der Waals surface area contributed by atoms with Crippen LogP contribution in [0, 0.1) is 11.3 Å². The molecule has 4 amide bonds. The zero-order valence-electron chi connectivity index (χ0n) is 15.5. The second kappa shape index (κ2) is 8.94. The predicted octanol–water partition coefficient (Wildman–Crippen LogP) is 0.194. The maximum atomic E-state index is 12.3. The number of primary amides is 1. The molecule has 25 heavy (non-hydrogen) atoms. The Balaban J connectivity index is 2.29. The van der Waals surface area contributed by atoms with E-state index < -0.39 is 5.91 Å². The van der Waals surface area contributed by atoms with Crippen molar-refractivity contribution in [3.05, 3.63) is 0 Å². The van der Waals surface area contributed by atoms with Crippen LogP contribution in [0.2, 0.25) is 0 Å². The molecule has 1 saturated heterocycles. The number of hydrogen-bond donors (Lipinski definition) is 2. The lowest BCUT2D eigenvalue weighted by molar-refractivity contribution is -0.140. The summed E-state index contributed by atoms with van der Waals surface area (Å²) in [6, 6.07) is 0. The van der Waals surface area contributed by atoms with Crippen LogP contribution in [0.1, 0.15) is 47.0 Å². The topological polar surface area (TPSA) is 119 Å². The summed E-state index contributed by atoms with van der Waals surface area (Å²) in [5, 5.41) is 2.66. The lowest BCUT2D eigenvalue weighted by Gasteiger charge is -2.24. The van der Waals surface area contributed by atoms with Gasteiger partial charge in [0.1, 0.15) is 0 Å². The molecule has 1 rings (SSSR count). The maximum Gasteiger partial charge on any atom is 0.233 e. The van der Waals surface area contributed by atoms with Crippen molar-refractivity contribution in [3.63, 3.8) is 0 Å². The molecule has 2 atom stereocenters. The third-order valence-corrected chi connectivity index (χ3v) is 4.17. The number of ether oxygens (including phenoxy) is 1. The number of nitrogens with zero attached hydrogens (tertiary/aromatic N) is 1. The van der Waals surface area contributed by atoms with Crippen LogP contribution in [0.15, 0.2) is 0 Å². The molecule has 0 saturated carbocycles. The van der Waals surface area contributed by atoms with Crippen molar-refractivity contribution >= 4 is 23.6 Å². The number of imide groups is 1. The molecule has 8 heteroatoms. The second-order valence-electron chi connectivity index (χ2n) is 7.46. The molecule has 1 heterocycles. The number of nitrogens with one attached hydrogen (secondary N) is 1. The molecule has 2 unspecified atom stereocenters. The standard InChI is InChI=1S/C17H29N3O5/c1-11(9-13(18)21)25-8-6-19-14(22)5-7-20-15(23)10-12(16(20)24)17(2,3)4/h11-12H,5-10H2,1-4H3,(H2,18,21)(H,19,22). The van der Waals surface area contributed by atoms with Crippen molar-refractivity contribution in [2.45, 2.75) is 53.1 Å². The molecule has 1 fully saturated rings. The highest BCUT2D eigenvalue weighted by atomic mass is 16.5. The van der Waals surface area contributed by atoms with Gasteiger partial charge in [-0.3, -0.25) is 24.1 Å². The Labute approximate surface area is 148 Å². The quantitative estimate of drug-likeness (QED) is 0.452. The van der Waals surface area contributed by atoms with Crippen molar-refractivity contribution in [2.24, 2.45) is 17.1 Å². The number of likely N-dealkylation sites (tertiary alicyclic amines) is 1. The lowest BCUT2D eigenvalue weighted by atomic mass is 9.80. The van der Waals surface area contributed by atoms with E-state index in [0.717, 1.165) is 0 Å². The SMILES string of the molecule is CC(CC(N)=O)OCCNC(=O)CCN1C(=O)CC(C(C)(C)C)C1=O. The minimum Gasteiger partial charge on any atom is -0.376 e. The van der Waals surface area contributed by atoms with Crippen molar-refractivity contribution in [2.75, 3.05) is 19.7 Å². The zero-order valence-corrected chi connectivity index (χ0v) is 15.5. The van der Waals surface area contributed by atoms with Crippen LogP contribution >= 0.6 is 0 Å². The van der Waals surface area contributed by atoms with Gasteiger partial charge >= 0.3 is 0 Å². The third-order valence-electron chi connectivity index (χ3n) is 4.17. The molecule has 8 nitrogen and oxygen atoms in total. The Hall–Kier alpha value is -1.96. The van der Waals surface area contributed by atoms with E-state index in [0.29, 0.717) is 0 Å². The van der Waals surface area contributed by atoms with Gasteiger partial charge in [0.15, 0.2) is 0 Å². The minimum absolute atomic E-state index is 0.0607. The van der Waals surface area contributed by atoms with Crippen LogP contribution in [-0.4, -0.2) is 54.3 Å². The summed E-state index contributed by atoms with van der Waals surface area (Å²) in [6.07, 6.45) is 0.0894. The Morgan fingerprint density at radius 1 is 1.36 bits per heavy atom. The number of nitrogens with two attached hydrogens (primary N) is 1. The molecular formula is C17H29N3O5. The summed E-state index contributed by atoms with van der Waals surface area (Å²) >= 11 is 0. The predicted molar refractivity (Wildman–Crippen MR) is 91.1 cm³/mol. The highest BCUT2D eigenvalue weighted by Crippen LogP contribution is 2.35. The Bertz CT molecular complexity index is 527. The van der Waals surface area contributed by atoms with Gasteiger partial charge in [0, 0.05) is 25.9 Å². The first-order valence-corrected chi connectivity index (χ1v) is 8.53. The average Bonchev–Trinajstić information content (AvgIpc) is 2.75. The van der Waals surface area contributed by atoms with Crippen LogP contribution < -0.4 is 11.1 Å². The van der Waals surface area contributed by atoms with Gasteiger partial charge in [-0.25, -0.2) is 0 Å². The van der Waals surface area contributed by atoms with Gasteiger partial charge in [-0.1, -0.05) is 20.8 Å². The molecule has 0 bridgehead atoms. The molecule has 0 aromatic carbocycles. The van der Waals surface area contributed by atoms with E-state index >= 15 is 0 Å². The van der Waals surface area contributed by atoms with Crippen LogP contribution in [0.25, 0.3) is 0 Å². The number of carbonyl (C=O) groups is 4. The first kappa shape index (κ1) is 21.1. The monoisotopic (exact) mass is 355 g/mol. The smallest absolute Gasteiger partial charge is 0.233 e. The number of rotatable bonds is 9. The van der Waals surface area contributed by atoms with Crippen molar-refractivity contribution in [3.8, 4) is 0 Å². The Morgan fingerprint density at radius 3 is 2.52 bits per heavy atom. The molecule has 0 aromatic rings. The van der Waals surface area contributed by atoms with Crippen LogP contribution in [0.5, 0.6) is 0 Å². The summed E-state index contributed by atoms with van der Waals surface area (Å²) in [5.74, 6) is -1.45. The fourth-order valence-corrected chi connectivity index (χ4v) is 2.69. The number of carbonyl (C=O) groups excluding carboxylic acids is 4. The summed E-state index contributed by atoms with van der Waals surface area (Å²) in [6.45, 7) is 8.15. The molecule has 1 aliphatic heterocycles. The minimum atomic E-state index is -0.440. The fourth-order valence-electron chi connectivity index (χ4n) is 2.69. The summed E-state index contributed by atoms with van der Waals surface area (Å²) in [7, 11) is 0. The van der Waals surface area contributed by atoms with E-state index in [-0.39, 0.29) is 74.1 Å². The molecule has 0 radical (unpaired) electrons. The molecule has 0 aliphatic carbocycles. The van der Waals surface area contributed by atoms with Gasteiger partial charge in [0.05, 0.1) is 25.0 Å². The normalized spacial score (nSPS) is 19.2. The Kier molecular flexibility index (Phi) is 7.54. The van der Waals surface area contributed by atoms with Gasteiger partial charge < -0.3 is 15.8 Å². The third kappa shape index (κ3) is 6.81. The summed E-state index contributed by atoms with van der Waals surface area (Å²) < 4.78 is 5.33. The first-order chi connectivity index (χ1) is 11.5. The van der Waals surface area contributed by atoms with Crippen molar-refractivity contribution in [1.29, 1.82) is 0 Å².